The Morgan fingerprint density at radius 2 is 1.79 bits per heavy atom. The van der Waals surface area contributed by atoms with Gasteiger partial charge in [-0.05, 0) is 26.2 Å². The maximum Gasteiger partial charge on any atom is 0.325 e. The lowest BCUT2D eigenvalue weighted by Crippen LogP contribution is -2.38. The molecule has 1 aliphatic rings. The lowest BCUT2D eigenvalue weighted by atomic mass is 10.1. The van der Waals surface area contributed by atoms with Crippen LogP contribution in [0.3, 0.4) is 0 Å². The molecule has 0 aromatic carbocycles. The average molecular weight is 269 g/mol. The minimum atomic E-state index is -0.284. The summed E-state index contributed by atoms with van der Waals surface area (Å²) in [6.07, 6.45) is 8.32. The average Bonchev–Trinajstić information content (AvgIpc) is 3.20. The first-order chi connectivity index (χ1) is 9.19. The third kappa shape index (κ3) is 6.60. The molecule has 0 aromatic rings. The van der Waals surface area contributed by atoms with Gasteiger partial charge in [0.15, 0.2) is 0 Å². The molecule has 0 aromatic heterocycles. The summed E-state index contributed by atoms with van der Waals surface area (Å²) in [5.74, 6) is -0.166. The number of nitrogens with zero attached hydrogens (tertiary/aromatic N) is 1. The van der Waals surface area contributed by atoms with Crippen LogP contribution < -0.4 is 0 Å². The molecule has 0 heterocycles. The fraction of sp³-hybridized carbons (Fsp3) is 0.867. The van der Waals surface area contributed by atoms with Crippen LogP contribution in [0.2, 0.25) is 0 Å². The zero-order valence-corrected chi connectivity index (χ0v) is 12.3. The van der Waals surface area contributed by atoms with Crippen LogP contribution in [-0.4, -0.2) is 36.0 Å². The first kappa shape index (κ1) is 16.0. The largest absolute Gasteiger partial charge is 0.465 e. The molecule has 4 nitrogen and oxygen atoms in total. The zero-order chi connectivity index (χ0) is 14.1. The van der Waals surface area contributed by atoms with Gasteiger partial charge >= 0.3 is 5.97 Å². The highest BCUT2D eigenvalue weighted by atomic mass is 16.5. The minimum absolute atomic E-state index is 0.118. The van der Waals surface area contributed by atoms with Crippen molar-refractivity contribution in [2.45, 2.75) is 71.3 Å². The molecule has 110 valence electrons. The number of amides is 1. The monoisotopic (exact) mass is 269 g/mol. The fourth-order valence-electron chi connectivity index (χ4n) is 2.18. The van der Waals surface area contributed by atoms with Crippen LogP contribution in [0.1, 0.15) is 65.2 Å². The molecule has 1 fully saturated rings. The van der Waals surface area contributed by atoms with Gasteiger partial charge < -0.3 is 9.64 Å². The highest BCUT2D eigenvalue weighted by Gasteiger charge is 2.33. The number of unbranched alkanes of at least 4 members (excludes halogenated alkanes) is 4. The molecule has 0 aliphatic heterocycles. The molecular weight excluding hydrogens is 242 g/mol. The van der Waals surface area contributed by atoms with Gasteiger partial charge in [-0.15, -0.1) is 0 Å². The quantitative estimate of drug-likeness (QED) is 0.452. The predicted octanol–water partition coefficient (Wildman–Crippen LogP) is 2.90. The van der Waals surface area contributed by atoms with Crippen molar-refractivity contribution >= 4 is 11.9 Å². The van der Waals surface area contributed by atoms with E-state index in [4.69, 9.17) is 4.74 Å². The van der Waals surface area contributed by atoms with Crippen molar-refractivity contribution in [2.75, 3.05) is 13.2 Å². The molecule has 0 saturated heterocycles. The molecule has 1 rings (SSSR count). The Bertz CT molecular complexity index is 287. The van der Waals surface area contributed by atoms with Crippen molar-refractivity contribution in [1.29, 1.82) is 0 Å². The topological polar surface area (TPSA) is 46.6 Å². The van der Waals surface area contributed by atoms with E-state index in [1.807, 2.05) is 0 Å². The van der Waals surface area contributed by atoms with Gasteiger partial charge in [0.25, 0.3) is 0 Å². The number of carbonyl (C=O) groups excluding carboxylic acids is 2. The smallest absolute Gasteiger partial charge is 0.325 e. The molecule has 0 spiro atoms. The summed E-state index contributed by atoms with van der Waals surface area (Å²) in [7, 11) is 0. The maximum absolute atomic E-state index is 12.1. The second kappa shape index (κ2) is 8.94. The van der Waals surface area contributed by atoms with Crippen LogP contribution in [0.25, 0.3) is 0 Å². The number of ether oxygens (including phenoxy) is 1. The second-order valence-corrected chi connectivity index (χ2v) is 5.22. The number of rotatable bonds is 10. The third-order valence-corrected chi connectivity index (χ3v) is 3.41. The van der Waals surface area contributed by atoms with Gasteiger partial charge in [0.05, 0.1) is 6.61 Å². The lowest BCUT2D eigenvalue weighted by Gasteiger charge is -2.21. The van der Waals surface area contributed by atoms with Crippen molar-refractivity contribution in [2.24, 2.45) is 0 Å². The summed E-state index contributed by atoms with van der Waals surface area (Å²) in [6.45, 7) is 4.48. The van der Waals surface area contributed by atoms with Crippen LogP contribution in [0.15, 0.2) is 0 Å². The summed E-state index contributed by atoms with van der Waals surface area (Å²) in [4.78, 5) is 25.3. The number of esters is 1. The van der Waals surface area contributed by atoms with E-state index in [-0.39, 0.29) is 24.5 Å². The molecule has 0 bridgehead atoms. The van der Waals surface area contributed by atoms with Crippen molar-refractivity contribution < 1.29 is 14.3 Å². The SMILES string of the molecule is CCCCCCCC(=O)N(CC(=O)OCC)C1CC1. The summed E-state index contributed by atoms with van der Waals surface area (Å²) < 4.78 is 4.93. The Morgan fingerprint density at radius 3 is 2.37 bits per heavy atom. The van der Waals surface area contributed by atoms with Gasteiger partial charge in [0.2, 0.25) is 5.91 Å². The normalized spacial score (nSPS) is 14.2. The van der Waals surface area contributed by atoms with Gasteiger partial charge in [-0.2, -0.15) is 0 Å². The Balaban J connectivity index is 2.26. The standard InChI is InChI=1S/C15H27NO3/c1-3-5-6-7-8-9-14(17)16(13-10-11-13)12-15(18)19-4-2/h13H,3-12H2,1-2H3. The lowest BCUT2D eigenvalue weighted by molar-refractivity contribution is -0.149. The van der Waals surface area contributed by atoms with Gasteiger partial charge in [-0.3, -0.25) is 9.59 Å². The predicted molar refractivity (Wildman–Crippen MR) is 74.7 cm³/mol. The van der Waals surface area contributed by atoms with Gasteiger partial charge in [0, 0.05) is 12.5 Å². The maximum atomic E-state index is 12.1. The molecular formula is C15H27NO3. The van der Waals surface area contributed by atoms with Crippen LogP contribution >= 0.6 is 0 Å². The number of hydrogen-bond acceptors (Lipinski definition) is 3. The molecule has 4 heteroatoms. The van der Waals surface area contributed by atoms with Crippen molar-refractivity contribution in [3.8, 4) is 0 Å². The summed E-state index contributed by atoms with van der Waals surface area (Å²) in [6, 6.07) is 0.285. The van der Waals surface area contributed by atoms with Crippen molar-refractivity contribution in [3.05, 3.63) is 0 Å². The van der Waals surface area contributed by atoms with E-state index in [1.54, 1.807) is 11.8 Å². The molecule has 1 aliphatic carbocycles. The fourth-order valence-corrected chi connectivity index (χ4v) is 2.18. The van der Waals surface area contributed by atoms with E-state index in [0.717, 1.165) is 25.7 Å². The van der Waals surface area contributed by atoms with E-state index in [1.165, 1.54) is 19.3 Å². The third-order valence-electron chi connectivity index (χ3n) is 3.41. The highest BCUT2D eigenvalue weighted by Crippen LogP contribution is 2.27. The van der Waals surface area contributed by atoms with E-state index >= 15 is 0 Å². The van der Waals surface area contributed by atoms with Gasteiger partial charge in [-0.1, -0.05) is 32.6 Å². The van der Waals surface area contributed by atoms with Crippen LogP contribution in [0.4, 0.5) is 0 Å². The van der Waals surface area contributed by atoms with Crippen LogP contribution in [0, 0.1) is 0 Å². The molecule has 19 heavy (non-hydrogen) atoms. The van der Waals surface area contributed by atoms with E-state index in [0.29, 0.717) is 13.0 Å². The Labute approximate surface area is 116 Å². The summed E-state index contributed by atoms with van der Waals surface area (Å²) in [5, 5.41) is 0. The molecule has 1 amide bonds. The second-order valence-electron chi connectivity index (χ2n) is 5.22. The molecule has 0 N–H and O–H groups in total. The van der Waals surface area contributed by atoms with Crippen LogP contribution in [-0.2, 0) is 14.3 Å². The van der Waals surface area contributed by atoms with Crippen LogP contribution in [0.5, 0.6) is 0 Å². The molecule has 1 saturated carbocycles. The Morgan fingerprint density at radius 1 is 1.11 bits per heavy atom. The Kier molecular flexibility index (Phi) is 7.53. The van der Waals surface area contributed by atoms with Gasteiger partial charge in [-0.25, -0.2) is 0 Å². The molecule has 0 radical (unpaired) electrons. The summed E-state index contributed by atoms with van der Waals surface area (Å²) in [5.41, 5.74) is 0. The van der Waals surface area contributed by atoms with E-state index in [9.17, 15) is 9.59 Å². The number of hydrogen-bond donors (Lipinski definition) is 0. The van der Waals surface area contributed by atoms with Crippen molar-refractivity contribution in [1.82, 2.24) is 4.90 Å². The van der Waals surface area contributed by atoms with Gasteiger partial charge in [0.1, 0.15) is 6.54 Å². The summed E-state index contributed by atoms with van der Waals surface area (Å²) >= 11 is 0. The van der Waals surface area contributed by atoms with E-state index < -0.39 is 0 Å². The van der Waals surface area contributed by atoms with Crippen molar-refractivity contribution in [3.63, 3.8) is 0 Å². The minimum Gasteiger partial charge on any atom is -0.465 e. The molecule has 0 atom stereocenters. The molecule has 0 unspecified atom stereocenters. The highest BCUT2D eigenvalue weighted by molar-refractivity contribution is 5.82. The van der Waals surface area contributed by atoms with E-state index in [2.05, 4.69) is 6.92 Å². The number of carbonyl (C=O) groups is 2. The zero-order valence-electron chi connectivity index (χ0n) is 12.3. The first-order valence-corrected chi connectivity index (χ1v) is 7.64. The first-order valence-electron chi connectivity index (χ1n) is 7.64. The Hall–Kier alpha value is -1.06.